The maximum Gasteiger partial charge on any atom is 0.394 e. The summed E-state index contributed by atoms with van der Waals surface area (Å²) < 4.78 is 34.4. The Bertz CT molecular complexity index is 1070. The number of ether oxygens (including phenoxy) is 1. The molecule has 2 N–H and O–H groups in total. The number of carboxylic acid groups (broad SMARTS) is 1. The van der Waals surface area contributed by atoms with Gasteiger partial charge in [0.2, 0.25) is 0 Å². The van der Waals surface area contributed by atoms with Gasteiger partial charge in [0.05, 0.1) is 7.11 Å². The molecule has 0 fully saturated rings. The predicted octanol–water partition coefficient (Wildman–Crippen LogP) is 3.42. The van der Waals surface area contributed by atoms with Gasteiger partial charge in [0.25, 0.3) is 5.91 Å². The van der Waals surface area contributed by atoms with Crippen LogP contribution in [0.25, 0.3) is 0 Å². The van der Waals surface area contributed by atoms with Crippen LogP contribution in [0.2, 0.25) is 0 Å². The first-order valence-corrected chi connectivity index (χ1v) is 9.95. The molecule has 1 atom stereocenters. The molecule has 9 heteroatoms. The number of hydrogen-bond acceptors (Lipinski definition) is 4. The zero-order chi connectivity index (χ0) is 23.8. The van der Waals surface area contributed by atoms with Gasteiger partial charge in [0.15, 0.2) is 0 Å². The molecule has 0 aromatic heterocycles. The van der Waals surface area contributed by atoms with E-state index >= 15 is 0 Å². The van der Waals surface area contributed by atoms with Crippen molar-refractivity contribution < 1.29 is 33.0 Å². The van der Waals surface area contributed by atoms with Gasteiger partial charge in [0.1, 0.15) is 23.4 Å². The number of carbonyl (C=O) groups excluding carboxylic acids is 2. The normalized spacial score (nSPS) is 15.7. The van der Waals surface area contributed by atoms with Crippen molar-refractivity contribution in [3.63, 3.8) is 0 Å². The van der Waals surface area contributed by atoms with Gasteiger partial charge in [-0.05, 0) is 47.2 Å². The fourth-order valence-electron chi connectivity index (χ4n) is 3.93. The summed E-state index contributed by atoms with van der Waals surface area (Å²) in [5.41, 5.74) is 0.0772. The van der Waals surface area contributed by atoms with Crippen molar-refractivity contribution in [2.75, 3.05) is 19.0 Å². The van der Waals surface area contributed by atoms with Crippen molar-refractivity contribution in [1.82, 2.24) is 4.90 Å². The maximum atomic E-state index is 14.6. The number of nitrogens with zero attached hydrogens (tertiary/aromatic N) is 1. The van der Waals surface area contributed by atoms with E-state index in [0.717, 1.165) is 17.0 Å². The minimum Gasteiger partial charge on any atom is -0.497 e. The highest BCUT2D eigenvalue weighted by atomic mass is 19.1. The van der Waals surface area contributed by atoms with E-state index in [0.29, 0.717) is 23.3 Å². The fourth-order valence-corrected chi connectivity index (χ4v) is 3.93. The second-order valence-electron chi connectivity index (χ2n) is 8.58. The third-order valence-corrected chi connectivity index (χ3v) is 5.33. The smallest absolute Gasteiger partial charge is 0.394 e. The van der Waals surface area contributed by atoms with E-state index in [1.165, 1.54) is 7.11 Å². The number of hydrogen-bond donors (Lipinski definition) is 2. The van der Waals surface area contributed by atoms with Crippen molar-refractivity contribution in [3.8, 4) is 5.75 Å². The van der Waals surface area contributed by atoms with Crippen molar-refractivity contribution >= 4 is 23.5 Å². The standard InChI is InChI=1S/C23H24F2N2O5/c1-23(2,3)18-16(24)10-13(11-17(18)25)26-20(28)19-15-6-5-14(32-4)9-12(15)7-8-27(19)21(29)22(30)31/h5-6,9-11,19H,7-8H2,1-4H3,(H,26,28)(H,30,31)/t19-/m1/s1. The van der Waals surface area contributed by atoms with Crippen LogP contribution in [0.5, 0.6) is 5.75 Å². The zero-order valence-electron chi connectivity index (χ0n) is 18.2. The summed E-state index contributed by atoms with van der Waals surface area (Å²) in [5.74, 6) is -4.82. The van der Waals surface area contributed by atoms with E-state index in [1.54, 1.807) is 39.0 Å². The highest BCUT2D eigenvalue weighted by molar-refractivity contribution is 6.32. The second kappa shape index (κ2) is 8.57. The van der Waals surface area contributed by atoms with Crippen LogP contribution in [0.1, 0.15) is 43.5 Å². The summed E-state index contributed by atoms with van der Waals surface area (Å²) >= 11 is 0. The lowest BCUT2D eigenvalue weighted by Gasteiger charge is -2.35. The molecule has 0 radical (unpaired) electrons. The fraction of sp³-hybridized carbons (Fsp3) is 0.348. The summed E-state index contributed by atoms with van der Waals surface area (Å²) in [4.78, 5) is 37.7. The Morgan fingerprint density at radius 2 is 1.75 bits per heavy atom. The Hall–Kier alpha value is -3.49. The number of amides is 2. The van der Waals surface area contributed by atoms with Gasteiger partial charge in [-0.2, -0.15) is 0 Å². The summed E-state index contributed by atoms with van der Waals surface area (Å²) in [7, 11) is 1.49. The molecule has 0 saturated heterocycles. The Morgan fingerprint density at radius 1 is 1.12 bits per heavy atom. The minimum atomic E-state index is -1.70. The van der Waals surface area contributed by atoms with Crippen molar-refractivity contribution in [2.24, 2.45) is 0 Å². The van der Waals surface area contributed by atoms with Gasteiger partial charge in [-0.25, -0.2) is 13.6 Å². The number of nitrogens with one attached hydrogen (secondary N) is 1. The Kier molecular flexibility index (Phi) is 6.20. The molecule has 32 heavy (non-hydrogen) atoms. The average Bonchev–Trinajstić information content (AvgIpc) is 2.70. The van der Waals surface area contributed by atoms with Gasteiger partial charge in [-0.1, -0.05) is 26.8 Å². The zero-order valence-corrected chi connectivity index (χ0v) is 18.2. The molecule has 0 aliphatic carbocycles. The molecular weight excluding hydrogens is 422 g/mol. The van der Waals surface area contributed by atoms with Crippen molar-refractivity contribution in [1.29, 1.82) is 0 Å². The largest absolute Gasteiger partial charge is 0.497 e. The lowest BCUT2D eigenvalue weighted by molar-refractivity contribution is -0.158. The molecule has 2 amide bonds. The summed E-state index contributed by atoms with van der Waals surface area (Å²) in [6.07, 6.45) is 0.318. The summed E-state index contributed by atoms with van der Waals surface area (Å²) in [5, 5.41) is 11.6. The Morgan fingerprint density at radius 3 is 2.28 bits per heavy atom. The topological polar surface area (TPSA) is 95.9 Å². The molecule has 7 nitrogen and oxygen atoms in total. The lowest BCUT2D eigenvalue weighted by Crippen LogP contribution is -2.47. The van der Waals surface area contributed by atoms with Gasteiger partial charge >= 0.3 is 11.9 Å². The number of rotatable bonds is 3. The van der Waals surface area contributed by atoms with E-state index in [2.05, 4.69) is 5.32 Å². The lowest BCUT2D eigenvalue weighted by atomic mass is 9.86. The average molecular weight is 446 g/mol. The molecule has 0 unspecified atom stereocenters. The third kappa shape index (κ3) is 4.42. The number of fused-ring (bicyclic) bond motifs is 1. The molecule has 0 spiro atoms. The van der Waals surface area contributed by atoms with Gasteiger partial charge in [0, 0.05) is 17.8 Å². The quantitative estimate of drug-likeness (QED) is 0.705. The van der Waals surface area contributed by atoms with E-state index in [4.69, 9.17) is 4.74 Å². The van der Waals surface area contributed by atoms with Crippen molar-refractivity contribution in [2.45, 2.75) is 38.6 Å². The number of carboxylic acids is 1. The van der Waals surface area contributed by atoms with Crippen molar-refractivity contribution in [3.05, 3.63) is 58.7 Å². The van der Waals surface area contributed by atoms with E-state index in [-0.39, 0.29) is 17.8 Å². The highest BCUT2D eigenvalue weighted by Crippen LogP contribution is 2.34. The van der Waals surface area contributed by atoms with Crippen LogP contribution < -0.4 is 10.1 Å². The molecule has 2 aromatic carbocycles. The van der Waals surface area contributed by atoms with Crippen LogP contribution in [0, 0.1) is 11.6 Å². The first kappa shape index (κ1) is 23.2. The van der Waals surface area contributed by atoms with Crippen LogP contribution in [0.3, 0.4) is 0 Å². The molecule has 1 heterocycles. The number of benzene rings is 2. The number of aliphatic carboxylic acids is 1. The van der Waals surface area contributed by atoms with E-state index in [9.17, 15) is 28.3 Å². The summed E-state index contributed by atoms with van der Waals surface area (Å²) in [6.45, 7) is 4.97. The Labute approximate surface area is 184 Å². The molecule has 1 aliphatic heterocycles. The SMILES string of the molecule is COc1ccc2c(c1)CCN(C(=O)C(=O)O)[C@H]2C(=O)Nc1cc(F)c(C(C)(C)C)c(F)c1. The second-order valence-corrected chi connectivity index (χ2v) is 8.58. The molecule has 0 saturated carbocycles. The number of anilines is 1. The molecule has 3 rings (SSSR count). The monoisotopic (exact) mass is 446 g/mol. The molecule has 170 valence electrons. The van der Waals surface area contributed by atoms with Gasteiger partial charge < -0.3 is 20.1 Å². The molecule has 0 bridgehead atoms. The maximum absolute atomic E-state index is 14.6. The number of halogens is 2. The first-order chi connectivity index (χ1) is 14.9. The van der Waals surface area contributed by atoms with Crippen LogP contribution in [0.15, 0.2) is 30.3 Å². The van der Waals surface area contributed by atoms with Gasteiger partial charge in [-0.15, -0.1) is 0 Å². The Balaban J connectivity index is 2.00. The van der Waals surface area contributed by atoms with E-state index in [1.807, 2.05) is 0 Å². The van der Waals surface area contributed by atoms with Crippen LogP contribution in [0.4, 0.5) is 14.5 Å². The summed E-state index contributed by atoms with van der Waals surface area (Å²) in [6, 6.07) is 5.58. The first-order valence-electron chi connectivity index (χ1n) is 9.95. The molecule has 2 aromatic rings. The number of methoxy groups -OCH3 is 1. The predicted molar refractivity (Wildman–Crippen MR) is 112 cm³/mol. The van der Waals surface area contributed by atoms with Crippen LogP contribution in [-0.4, -0.2) is 41.4 Å². The minimum absolute atomic E-state index is 0.0188. The van der Waals surface area contributed by atoms with Crippen LogP contribution >= 0.6 is 0 Å². The van der Waals surface area contributed by atoms with E-state index < -0.39 is 40.9 Å². The number of carbonyl (C=O) groups is 3. The molecular formula is C23H24F2N2O5. The highest BCUT2D eigenvalue weighted by Gasteiger charge is 2.38. The third-order valence-electron chi connectivity index (χ3n) is 5.33. The van der Waals surface area contributed by atoms with Gasteiger partial charge in [-0.3, -0.25) is 9.59 Å². The molecule has 1 aliphatic rings. The van der Waals surface area contributed by atoms with Crippen LogP contribution in [-0.2, 0) is 26.2 Å².